The van der Waals surface area contributed by atoms with Crippen LogP contribution >= 0.6 is 11.6 Å². The van der Waals surface area contributed by atoms with E-state index in [1.807, 2.05) is 13.8 Å². The van der Waals surface area contributed by atoms with Crippen molar-refractivity contribution in [1.29, 1.82) is 0 Å². The molecular weight excluding hydrogens is 320 g/mol. The molecule has 3 heteroatoms. The van der Waals surface area contributed by atoms with Crippen LogP contribution in [0.3, 0.4) is 0 Å². The van der Waals surface area contributed by atoms with Crippen LogP contribution in [-0.2, 0) is 9.53 Å². The van der Waals surface area contributed by atoms with Crippen LogP contribution in [0.25, 0.3) is 6.08 Å². The number of methoxy groups -OCH3 is 1. The molecule has 0 aliphatic rings. The van der Waals surface area contributed by atoms with Crippen molar-refractivity contribution >= 4 is 23.6 Å². The summed E-state index contributed by atoms with van der Waals surface area (Å²) >= 11 is 6.35. The Bertz CT molecular complexity index is 694. The van der Waals surface area contributed by atoms with Crippen LogP contribution in [0.1, 0.15) is 48.9 Å². The fraction of sp³-hybridized carbons (Fsp3) is 0.381. The molecule has 2 nitrogen and oxygen atoms in total. The quantitative estimate of drug-likeness (QED) is 0.352. The van der Waals surface area contributed by atoms with Crippen LogP contribution in [0.2, 0.25) is 5.02 Å². The summed E-state index contributed by atoms with van der Waals surface area (Å²) in [6.07, 6.45) is 9.68. The summed E-state index contributed by atoms with van der Waals surface area (Å²) < 4.78 is 4.62. The number of carbonyl (C=O) groups is 1. The van der Waals surface area contributed by atoms with Crippen LogP contribution in [0.4, 0.5) is 0 Å². The number of hydrogen-bond acceptors (Lipinski definition) is 2. The molecule has 1 aromatic rings. The normalized spacial score (nSPS) is 12.8. The topological polar surface area (TPSA) is 26.3 Å². The second kappa shape index (κ2) is 9.48. The molecule has 24 heavy (non-hydrogen) atoms. The first kappa shape index (κ1) is 20.2. The van der Waals surface area contributed by atoms with Gasteiger partial charge in [0.15, 0.2) is 0 Å². The predicted molar refractivity (Wildman–Crippen MR) is 103 cm³/mol. The SMILES string of the molecule is COC(=O)/C=C(\C)CC/C=C(C)/C=C/c1c(C)cc(C)c(Cl)c1C. The van der Waals surface area contributed by atoms with Crippen LogP contribution in [0.15, 0.2) is 35.4 Å². The maximum atomic E-state index is 11.2. The molecule has 0 N–H and O–H groups in total. The number of allylic oxidation sites excluding steroid dienone is 4. The van der Waals surface area contributed by atoms with E-state index in [-0.39, 0.29) is 5.97 Å². The van der Waals surface area contributed by atoms with Crippen molar-refractivity contribution < 1.29 is 9.53 Å². The Balaban J connectivity index is 2.76. The Morgan fingerprint density at radius 1 is 1.21 bits per heavy atom. The monoisotopic (exact) mass is 346 g/mol. The third-order valence-electron chi connectivity index (χ3n) is 4.02. The molecule has 1 aromatic carbocycles. The number of benzene rings is 1. The number of hydrogen-bond donors (Lipinski definition) is 0. The molecule has 0 aliphatic heterocycles. The van der Waals surface area contributed by atoms with Gasteiger partial charge in [0.25, 0.3) is 0 Å². The maximum absolute atomic E-state index is 11.2. The summed E-state index contributed by atoms with van der Waals surface area (Å²) in [6, 6.07) is 2.12. The summed E-state index contributed by atoms with van der Waals surface area (Å²) in [6.45, 7) is 10.2. The van der Waals surface area contributed by atoms with Gasteiger partial charge in [0.05, 0.1) is 7.11 Å². The highest BCUT2D eigenvalue weighted by molar-refractivity contribution is 6.32. The van der Waals surface area contributed by atoms with E-state index < -0.39 is 0 Å². The minimum atomic E-state index is -0.296. The smallest absolute Gasteiger partial charge is 0.330 e. The van der Waals surface area contributed by atoms with Crippen molar-refractivity contribution in [2.75, 3.05) is 7.11 Å². The van der Waals surface area contributed by atoms with Gasteiger partial charge in [0.1, 0.15) is 0 Å². The fourth-order valence-electron chi connectivity index (χ4n) is 2.57. The molecule has 0 amide bonds. The van der Waals surface area contributed by atoms with Crippen molar-refractivity contribution in [3.05, 3.63) is 62.7 Å². The summed E-state index contributed by atoms with van der Waals surface area (Å²) in [5.41, 5.74) is 6.86. The van der Waals surface area contributed by atoms with Crippen LogP contribution in [0.5, 0.6) is 0 Å². The number of carbonyl (C=O) groups excluding carboxylic acids is 1. The molecule has 0 aliphatic carbocycles. The highest BCUT2D eigenvalue weighted by Gasteiger charge is 2.06. The van der Waals surface area contributed by atoms with E-state index in [4.69, 9.17) is 11.6 Å². The zero-order valence-corrected chi connectivity index (χ0v) is 16.3. The first-order chi connectivity index (χ1) is 11.3. The third-order valence-corrected chi connectivity index (χ3v) is 4.60. The zero-order valence-electron chi connectivity index (χ0n) is 15.5. The molecule has 0 unspecified atom stereocenters. The van der Waals surface area contributed by atoms with Crippen LogP contribution < -0.4 is 0 Å². The molecular formula is C21H27ClO2. The van der Waals surface area contributed by atoms with Gasteiger partial charge in [-0.25, -0.2) is 4.79 Å². The van der Waals surface area contributed by atoms with E-state index in [9.17, 15) is 4.79 Å². The lowest BCUT2D eigenvalue weighted by Gasteiger charge is -2.10. The molecule has 0 spiro atoms. The number of ether oxygens (including phenoxy) is 1. The molecule has 1 rings (SSSR count). The van der Waals surface area contributed by atoms with E-state index in [0.717, 1.165) is 34.6 Å². The van der Waals surface area contributed by atoms with Crippen molar-refractivity contribution in [1.82, 2.24) is 0 Å². The average molecular weight is 347 g/mol. The second-order valence-electron chi connectivity index (χ2n) is 6.20. The van der Waals surface area contributed by atoms with E-state index in [2.05, 4.69) is 49.8 Å². The minimum absolute atomic E-state index is 0.296. The highest BCUT2D eigenvalue weighted by atomic mass is 35.5. The summed E-state index contributed by atoms with van der Waals surface area (Å²) in [7, 11) is 1.39. The third kappa shape index (κ3) is 6.01. The van der Waals surface area contributed by atoms with E-state index in [1.54, 1.807) is 6.08 Å². The molecule has 0 atom stereocenters. The molecule has 0 aromatic heterocycles. The molecule has 0 saturated carbocycles. The Labute approximate surface area is 150 Å². The van der Waals surface area contributed by atoms with Gasteiger partial charge in [-0.2, -0.15) is 0 Å². The highest BCUT2D eigenvalue weighted by Crippen LogP contribution is 2.27. The molecule has 130 valence electrons. The van der Waals surface area contributed by atoms with Crippen molar-refractivity contribution in [3.8, 4) is 0 Å². The summed E-state index contributed by atoms with van der Waals surface area (Å²) in [4.78, 5) is 11.2. The Kier molecular flexibility index (Phi) is 8.00. The van der Waals surface area contributed by atoms with E-state index in [1.165, 1.54) is 23.8 Å². The van der Waals surface area contributed by atoms with E-state index >= 15 is 0 Å². The fourth-order valence-corrected chi connectivity index (χ4v) is 2.73. The summed E-state index contributed by atoms with van der Waals surface area (Å²) in [5, 5.41) is 0.838. The first-order valence-electron chi connectivity index (χ1n) is 8.12. The molecule has 0 bridgehead atoms. The van der Waals surface area contributed by atoms with Gasteiger partial charge >= 0.3 is 5.97 Å². The van der Waals surface area contributed by atoms with Gasteiger partial charge in [-0.15, -0.1) is 0 Å². The first-order valence-corrected chi connectivity index (χ1v) is 8.50. The van der Waals surface area contributed by atoms with Gasteiger partial charge in [-0.1, -0.05) is 47.0 Å². The zero-order chi connectivity index (χ0) is 18.3. The van der Waals surface area contributed by atoms with Crippen LogP contribution in [-0.4, -0.2) is 13.1 Å². The number of esters is 1. The number of rotatable bonds is 6. The molecule has 0 saturated heterocycles. The average Bonchev–Trinajstić information content (AvgIpc) is 2.52. The second-order valence-corrected chi connectivity index (χ2v) is 6.57. The maximum Gasteiger partial charge on any atom is 0.330 e. The number of halogens is 1. The number of aryl methyl sites for hydroxylation is 2. The van der Waals surface area contributed by atoms with Crippen molar-refractivity contribution in [2.45, 2.75) is 47.5 Å². The lowest BCUT2D eigenvalue weighted by Crippen LogP contribution is -1.95. The van der Waals surface area contributed by atoms with Gasteiger partial charge in [-0.05, 0) is 69.7 Å². The van der Waals surface area contributed by atoms with Crippen molar-refractivity contribution in [3.63, 3.8) is 0 Å². The molecule has 0 radical (unpaired) electrons. The lowest BCUT2D eigenvalue weighted by atomic mass is 9.98. The molecule has 0 heterocycles. The Hall–Kier alpha value is -1.80. The largest absolute Gasteiger partial charge is 0.466 e. The standard InChI is InChI=1S/C21H27ClO2/c1-14(8-7-9-15(2)12-20(23)24-6)10-11-19-16(3)13-17(4)21(22)18(19)5/h8,10-13H,7,9H2,1-6H3/b11-10+,14-8+,15-12+. The lowest BCUT2D eigenvalue weighted by molar-refractivity contribution is -0.134. The predicted octanol–water partition coefficient (Wildman–Crippen LogP) is 6.12. The van der Waals surface area contributed by atoms with Gasteiger partial charge in [-0.3, -0.25) is 0 Å². The van der Waals surface area contributed by atoms with E-state index in [0.29, 0.717) is 0 Å². The summed E-state index contributed by atoms with van der Waals surface area (Å²) in [5.74, 6) is -0.296. The molecule has 0 fully saturated rings. The minimum Gasteiger partial charge on any atom is -0.466 e. The Morgan fingerprint density at radius 2 is 1.88 bits per heavy atom. The Morgan fingerprint density at radius 3 is 2.50 bits per heavy atom. The van der Waals surface area contributed by atoms with Crippen LogP contribution in [0, 0.1) is 20.8 Å². The van der Waals surface area contributed by atoms with Crippen molar-refractivity contribution in [2.24, 2.45) is 0 Å². The van der Waals surface area contributed by atoms with Gasteiger partial charge < -0.3 is 4.74 Å². The van der Waals surface area contributed by atoms with Gasteiger partial charge in [0.2, 0.25) is 0 Å². The van der Waals surface area contributed by atoms with Gasteiger partial charge in [0, 0.05) is 11.1 Å².